The predicted octanol–water partition coefficient (Wildman–Crippen LogP) is 0.743. The van der Waals surface area contributed by atoms with Crippen LogP contribution < -0.4 is 16.4 Å². The summed E-state index contributed by atoms with van der Waals surface area (Å²) in [5.74, 6) is 0.0704. The molecule has 1 aromatic carbocycles. The number of nitrogens with zero attached hydrogens (tertiary/aromatic N) is 1. The maximum absolute atomic E-state index is 11.4. The van der Waals surface area contributed by atoms with Gasteiger partial charge in [-0.25, -0.2) is 4.79 Å². The maximum atomic E-state index is 11.4. The Bertz CT molecular complexity index is 452. The van der Waals surface area contributed by atoms with Crippen molar-refractivity contribution in [1.82, 2.24) is 10.6 Å². The summed E-state index contributed by atoms with van der Waals surface area (Å²) in [6.45, 7) is 0.453. The zero-order valence-electron chi connectivity index (χ0n) is 9.89. The number of amidine groups is 1. The standard InChI is InChI=1S/C12H16N4O2/c13-11(16-18)9-3-1-8(2-4-9)7-14-12(17)15-10-5-6-10/h1-4,10,18H,5-7H2,(H2,13,16)(H2,14,15,17). The second kappa shape index (κ2) is 5.39. The number of rotatable bonds is 4. The summed E-state index contributed by atoms with van der Waals surface area (Å²) in [4.78, 5) is 11.4. The molecule has 0 saturated heterocycles. The van der Waals surface area contributed by atoms with Gasteiger partial charge in [0.15, 0.2) is 5.84 Å². The fourth-order valence-corrected chi connectivity index (χ4v) is 1.50. The first-order chi connectivity index (χ1) is 8.69. The largest absolute Gasteiger partial charge is 0.409 e. The molecule has 2 amide bonds. The molecule has 5 N–H and O–H groups in total. The van der Waals surface area contributed by atoms with Gasteiger partial charge in [-0.2, -0.15) is 0 Å². The number of urea groups is 1. The summed E-state index contributed by atoms with van der Waals surface area (Å²) in [5, 5.41) is 17.1. The molecular weight excluding hydrogens is 232 g/mol. The minimum Gasteiger partial charge on any atom is -0.409 e. The van der Waals surface area contributed by atoms with Crippen LogP contribution in [0.2, 0.25) is 0 Å². The van der Waals surface area contributed by atoms with Gasteiger partial charge < -0.3 is 21.6 Å². The average Bonchev–Trinajstić information content (AvgIpc) is 3.20. The fraction of sp³-hybridized carbons (Fsp3) is 0.333. The summed E-state index contributed by atoms with van der Waals surface area (Å²) < 4.78 is 0. The number of carbonyl (C=O) groups is 1. The Balaban J connectivity index is 1.83. The molecule has 1 aliphatic carbocycles. The molecule has 6 nitrogen and oxygen atoms in total. The SMILES string of the molecule is NC(=NO)c1ccc(CNC(=O)NC2CC2)cc1. The first-order valence-electron chi connectivity index (χ1n) is 5.80. The van der Waals surface area contributed by atoms with Crippen molar-refractivity contribution in [2.75, 3.05) is 0 Å². The van der Waals surface area contributed by atoms with E-state index in [-0.39, 0.29) is 11.9 Å². The summed E-state index contributed by atoms with van der Waals surface area (Å²) in [7, 11) is 0. The Morgan fingerprint density at radius 2 is 2.06 bits per heavy atom. The number of carbonyl (C=O) groups excluding carboxylic acids is 1. The highest BCUT2D eigenvalue weighted by Gasteiger charge is 2.22. The van der Waals surface area contributed by atoms with Crippen LogP contribution in [0.25, 0.3) is 0 Å². The van der Waals surface area contributed by atoms with E-state index in [2.05, 4.69) is 15.8 Å². The second-order valence-corrected chi connectivity index (χ2v) is 4.28. The highest BCUT2D eigenvalue weighted by Crippen LogP contribution is 2.18. The number of oxime groups is 1. The Morgan fingerprint density at radius 1 is 1.39 bits per heavy atom. The van der Waals surface area contributed by atoms with Crippen molar-refractivity contribution in [3.63, 3.8) is 0 Å². The van der Waals surface area contributed by atoms with Crippen LogP contribution in [0.5, 0.6) is 0 Å². The van der Waals surface area contributed by atoms with E-state index in [1.807, 2.05) is 12.1 Å². The van der Waals surface area contributed by atoms with Gasteiger partial charge in [-0.1, -0.05) is 29.4 Å². The Hall–Kier alpha value is -2.24. The van der Waals surface area contributed by atoms with Crippen molar-refractivity contribution in [2.45, 2.75) is 25.4 Å². The lowest BCUT2D eigenvalue weighted by molar-refractivity contribution is 0.240. The molecule has 0 aliphatic heterocycles. The van der Waals surface area contributed by atoms with Crippen molar-refractivity contribution in [2.24, 2.45) is 10.9 Å². The van der Waals surface area contributed by atoms with Gasteiger partial charge in [0, 0.05) is 18.2 Å². The van der Waals surface area contributed by atoms with Gasteiger partial charge in [0.05, 0.1) is 0 Å². The number of nitrogens with one attached hydrogen (secondary N) is 2. The minimum atomic E-state index is -0.141. The maximum Gasteiger partial charge on any atom is 0.315 e. The normalized spacial score (nSPS) is 15.2. The lowest BCUT2D eigenvalue weighted by Crippen LogP contribution is -2.36. The van der Waals surface area contributed by atoms with Crippen LogP contribution in [0.4, 0.5) is 4.79 Å². The van der Waals surface area contributed by atoms with E-state index in [4.69, 9.17) is 10.9 Å². The fourth-order valence-electron chi connectivity index (χ4n) is 1.50. The highest BCUT2D eigenvalue weighted by molar-refractivity contribution is 5.96. The van der Waals surface area contributed by atoms with Gasteiger partial charge in [0.25, 0.3) is 0 Å². The Labute approximate surface area is 105 Å². The molecule has 18 heavy (non-hydrogen) atoms. The van der Waals surface area contributed by atoms with Crippen LogP contribution >= 0.6 is 0 Å². The number of amides is 2. The lowest BCUT2D eigenvalue weighted by atomic mass is 10.1. The number of benzene rings is 1. The lowest BCUT2D eigenvalue weighted by Gasteiger charge is -2.07. The van der Waals surface area contributed by atoms with Gasteiger partial charge in [-0.05, 0) is 18.4 Å². The molecule has 0 aromatic heterocycles. The zero-order chi connectivity index (χ0) is 13.0. The summed E-state index contributed by atoms with van der Waals surface area (Å²) in [6, 6.07) is 7.34. The molecule has 2 rings (SSSR count). The molecule has 6 heteroatoms. The van der Waals surface area contributed by atoms with E-state index < -0.39 is 0 Å². The topological polar surface area (TPSA) is 99.7 Å². The quantitative estimate of drug-likeness (QED) is 0.274. The van der Waals surface area contributed by atoms with E-state index in [0.717, 1.165) is 18.4 Å². The third-order valence-corrected chi connectivity index (χ3v) is 2.72. The van der Waals surface area contributed by atoms with Crippen LogP contribution in [0.3, 0.4) is 0 Å². The molecule has 0 atom stereocenters. The molecule has 1 aromatic rings. The number of hydrogen-bond donors (Lipinski definition) is 4. The molecular formula is C12H16N4O2. The summed E-state index contributed by atoms with van der Waals surface area (Å²) in [6.07, 6.45) is 2.14. The molecule has 0 radical (unpaired) electrons. The number of hydrogen-bond acceptors (Lipinski definition) is 3. The monoisotopic (exact) mass is 248 g/mol. The average molecular weight is 248 g/mol. The van der Waals surface area contributed by atoms with E-state index in [0.29, 0.717) is 18.2 Å². The van der Waals surface area contributed by atoms with Crippen molar-refractivity contribution in [3.8, 4) is 0 Å². The van der Waals surface area contributed by atoms with Crippen LogP contribution in [0.15, 0.2) is 29.4 Å². The van der Waals surface area contributed by atoms with Gasteiger partial charge in [0.2, 0.25) is 0 Å². The van der Waals surface area contributed by atoms with Crippen LogP contribution in [0.1, 0.15) is 24.0 Å². The van der Waals surface area contributed by atoms with Crippen LogP contribution in [-0.4, -0.2) is 23.1 Å². The van der Waals surface area contributed by atoms with E-state index in [1.165, 1.54) is 0 Å². The molecule has 0 bridgehead atoms. The summed E-state index contributed by atoms with van der Waals surface area (Å²) >= 11 is 0. The highest BCUT2D eigenvalue weighted by atomic mass is 16.4. The molecule has 96 valence electrons. The van der Waals surface area contributed by atoms with E-state index >= 15 is 0 Å². The second-order valence-electron chi connectivity index (χ2n) is 4.28. The first kappa shape index (κ1) is 12.2. The Morgan fingerprint density at radius 3 is 2.61 bits per heavy atom. The van der Waals surface area contributed by atoms with Gasteiger partial charge in [0.1, 0.15) is 0 Å². The van der Waals surface area contributed by atoms with Crippen molar-refractivity contribution >= 4 is 11.9 Å². The molecule has 0 unspecified atom stereocenters. The zero-order valence-corrected chi connectivity index (χ0v) is 9.89. The van der Waals surface area contributed by atoms with Crippen LogP contribution in [-0.2, 0) is 6.54 Å². The van der Waals surface area contributed by atoms with Crippen molar-refractivity contribution in [1.29, 1.82) is 0 Å². The predicted molar refractivity (Wildman–Crippen MR) is 67.3 cm³/mol. The van der Waals surface area contributed by atoms with Gasteiger partial charge in [-0.15, -0.1) is 0 Å². The summed E-state index contributed by atoms with van der Waals surface area (Å²) in [5.41, 5.74) is 7.04. The Kier molecular flexibility index (Phi) is 3.66. The number of nitrogens with two attached hydrogens (primary N) is 1. The van der Waals surface area contributed by atoms with E-state index in [9.17, 15) is 4.79 Å². The van der Waals surface area contributed by atoms with Crippen molar-refractivity contribution in [3.05, 3.63) is 35.4 Å². The molecule has 0 spiro atoms. The van der Waals surface area contributed by atoms with Gasteiger partial charge in [-0.3, -0.25) is 0 Å². The third kappa shape index (κ3) is 3.38. The third-order valence-electron chi connectivity index (χ3n) is 2.72. The molecule has 1 saturated carbocycles. The molecule has 1 aliphatic rings. The minimum absolute atomic E-state index is 0.0704. The molecule has 1 fully saturated rings. The molecule has 0 heterocycles. The van der Waals surface area contributed by atoms with E-state index in [1.54, 1.807) is 12.1 Å². The smallest absolute Gasteiger partial charge is 0.315 e. The van der Waals surface area contributed by atoms with Crippen LogP contribution in [0, 0.1) is 0 Å². The first-order valence-corrected chi connectivity index (χ1v) is 5.80. The van der Waals surface area contributed by atoms with Gasteiger partial charge >= 0.3 is 6.03 Å². The van der Waals surface area contributed by atoms with Crippen molar-refractivity contribution < 1.29 is 10.0 Å².